The number of carboxylic acid groups (broad SMARTS) is 1. The molecule has 5 heteroatoms. The van der Waals surface area contributed by atoms with Crippen molar-refractivity contribution < 1.29 is 19.7 Å². The average Bonchev–Trinajstić information content (AvgIpc) is 2.76. The zero-order chi connectivity index (χ0) is 22.4. The van der Waals surface area contributed by atoms with Crippen molar-refractivity contribution in [1.82, 2.24) is 0 Å². The van der Waals surface area contributed by atoms with Crippen LogP contribution in [0, 0.1) is 5.92 Å². The van der Waals surface area contributed by atoms with E-state index in [9.17, 15) is 9.90 Å². The normalized spacial score (nSPS) is 21.6. The first-order valence-electron chi connectivity index (χ1n) is 10.9. The Hall–Kier alpha value is -2.40. The second-order valence-corrected chi connectivity index (χ2v) is 9.51. The highest BCUT2D eigenvalue weighted by molar-refractivity contribution is 7.99. The molecule has 0 aliphatic carbocycles. The SMILES string of the molecule is CCCC(CC=CCC(=O)O)C1c2ccc(O)cc2SCC1(C)c1ccc(OC)cc1. The quantitative estimate of drug-likeness (QED) is 0.443. The summed E-state index contributed by atoms with van der Waals surface area (Å²) in [7, 11) is 1.68. The second-order valence-electron chi connectivity index (χ2n) is 8.49. The van der Waals surface area contributed by atoms with Crippen molar-refractivity contribution in [2.75, 3.05) is 12.9 Å². The summed E-state index contributed by atoms with van der Waals surface area (Å²) in [5.74, 6) is 1.88. The molecule has 1 heterocycles. The molecule has 3 rings (SSSR count). The number of fused-ring (bicyclic) bond motifs is 1. The number of thioether (sulfide) groups is 1. The van der Waals surface area contributed by atoms with E-state index in [0.717, 1.165) is 35.7 Å². The van der Waals surface area contributed by atoms with Gasteiger partial charge in [0.25, 0.3) is 0 Å². The molecular weight excluding hydrogens is 408 g/mol. The lowest BCUT2D eigenvalue weighted by atomic mass is 9.63. The van der Waals surface area contributed by atoms with Gasteiger partial charge in [0.15, 0.2) is 0 Å². The van der Waals surface area contributed by atoms with E-state index in [0.29, 0.717) is 11.7 Å². The summed E-state index contributed by atoms with van der Waals surface area (Å²) in [6.45, 7) is 4.54. The maximum Gasteiger partial charge on any atom is 0.307 e. The van der Waals surface area contributed by atoms with Gasteiger partial charge in [0, 0.05) is 16.1 Å². The number of benzene rings is 2. The van der Waals surface area contributed by atoms with Gasteiger partial charge in [-0.2, -0.15) is 0 Å². The fraction of sp³-hybridized carbons (Fsp3) is 0.423. The Labute approximate surface area is 189 Å². The number of phenols is 1. The molecule has 0 saturated heterocycles. The second kappa shape index (κ2) is 10.3. The first-order valence-corrected chi connectivity index (χ1v) is 11.8. The Balaban J connectivity index is 2.04. The van der Waals surface area contributed by atoms with Crippen LogP contribution in [0.5, 0.6) is 11.5 Å². The van der Waals surface area contributed by atoms with E-state index in [1.54, 1.807) is 31.0 Å². The van der Waals surface area contributed by atoms with Gasteiger partial charge in [-0.05, 0) is 60.1 Å². The molecule has 0 radical (unpaired) electrons. The summed E-state index contributed by atoms with van der Waals surface area (Å²) in [6, 6.07) is 14.1. The zero-order valence-electron chi connectivity index (χ0n) is 18.5. The van der Waals surface area contributed by atoms with Crippen molar-refractivity contribution in [2.24, 2.45) is 5.92 Å². The maximum atomic E-state index is 10.9. The molecule has 0 bridgehead atoms. The van der Waals surface area contributed by atoms with Crippen molar-refractivity contribution in [3.8, 4) is 11.5 Å². The smallest absolute Gasteiger partial charge is 0.307 e. The van der Waals surface area contributed by atoms with Crippen molar-refractivity contribution in [1.29, 1.82) is 0 Å². The first-order chi connectivity index (χ1) is 14.9. The number of rotatable bonds is 9. The Kier molecular flexibility index (Phi) is 7.71. The van der Waals surface area contributed by atoms with E-state index in [1.807, 2.05) is 24.3 Å². The van der Waals surface area contributed by atoms with E-state index in [2.05, 4.69) is 32.0 Å². The number of aliphatic carboxylic acids is 1. The molecule has 2 aromatic rings. The van der Waals surface area contributed by atoms with Gasteiger partial charge >= 0.3 is 5.97 Å². The number of carboxylic acids is 1. The van der Waals surface area contributed by atoms with E-state index in [4.69, 9.17) is 9.84 Å². The number of phenolic OH excluding ortho intramolecular Hbond substituents is 1. The van der Waals surface area contributed by atoms with Crippen LogP contribution >= 0.6 is 11.8 Å². The van der Waals surface area contributed by atoms with Crippen LogP contribution in [0.15, 0.2) is 59.5 Å². The van der Waals surface area contributed by atoms with Gasteiger partial charge in [-0.15, -0.1) is 11.8 Å². The first kappa shape index (κ1) is 23.3. The van der Waals surface area contributed by atoms with E-state index >= 15 is 0 Å². The number of allylic oxidation sites excluding steroid dienone is 1. The van der Waals surface area contributed by atoms with Gasteiger partial charge in [0.1, 0.15) is 11.5 Å². The van der Waals surface area contributed by atoms with Gasteiger partial charge < -0.3 is 14.9 Å². The summed E-state index contributed by atoms with van der Waals surface area (Å²) in [5.41, 5.74) is 2.46. The Morgan fingerprint density at radius 3 is 2.65 bits per heavy atom. The van der Waals surface area contributed by atoms with Crippen molar-refractivity contribution in [2.45, 2.75) is 55.8 Å². The van der Waals surface area contributed by atoms with Crippen LogP contribution in [0.3, 0.4) is 0 Å². The van der Waals surface area contributed by atoms with Crippen molar-refractivity contribution in [3.05, 3.63) is 65.7 Å². The molecular formula is C26H32O4S. The summed E-state index contributed by atoms with van der Waals surface area (Å²) >= 11 is 1.80. The van der Waals surface area contributed by atoms with E-state index < -0.39 is 5.97 Å². The number of carbonyl (C=O) groups is 1. The Morgan fingerprint density at radius 2 is 2.00 bits per heavy atom. The predicted molar refractivity (Wildman–Crippen MR) is 126 cm³/mol. The molecule has 3 unspecified atom stereocenters. The summed E-state index contributed by atoms with van der Waals surface area (Å²) < 4.78 is 5.37. The average molecular weight is 441 g/mol. The molecule has 1 aliphatic rings. The molecule has 0 aromatic heterocycles. The number of ether oxygens (including phenoxy) is 1. The summed E-state index contributed by atoms with van der Waals surface area (Å²) in [4.78, 5) is 12.1. The number of methoxy groups -OCH3 is 1. The lowest BCUT2D eigenvalue weighted by Crippen LogP contribution is -2.40. The van der Waals surface area contributed by atoms with Crippen molar-refractivity contribution >= 4 is 17.7 Å². The molecule has 2 aromatic carbocycles. The third-order valence-corrected chi connectivity index (χ3v) is 7.73. The van der Waals surface area contributed by atoms with Crippen LogP contribution in [0.1, 0.15) is 56.6 Å². The third kappa shape index (κ3) is 5.27. The van der Waals surface area contributed by atoms with Gasteiger partial charge in [-0.1, -0.05) is 50.6 Å². The minimum absolute atomic E-state index is 0.0551. The molecule has 0 fully saturated rings. The zero-order valence-corrected chi connectivity index (χ0v) is 19.3. The number of hydrogen-bond donors (Lipinski definition) is 2. The van der Waals surface area contributed by atoms with Crippen LogP contribution in [-0.2, 0) is 10.2 Å². The molecule has 166 valence electrons. The van der Waals surface area contributed by atoms with Gasteiger partial charge in [0.2, 0.25) is 0 Å². The Bertz CT molecular complexity index is 922. The summed E-state index contributed by atoms with van der Waals surface area (Å²) in [6.07, 6.45) is 6.81. The number of hydrogen-bond acceptors (Lipinski definition) is 4. The minimum Gasteiger partial charge on any atom is -0.508 e. The van der Waals surface area contributed by atoms with Gasteiger partial charge in [-0.25, -0.2) is 0 Å². The predicted octanol–water partition coefficient (Wildman–Crippen LogP) is 6.39. The molecule has 2 N–H and O–H groups in total. The molecule has 3 atom stereocenters. The van der Waals surface area contributed by atoms with Gasteiger partial charge in [0.05, 0.1) is 13.5 Å². The van der Waals surface area contributed by atoms with E-state index in [-0.39, 0.29) is 17.8 Å². The largest absolute Gasteiger partial charge is 0.508 e. The molecule has 1 aliphatic heterocycles. The molecule has 0 saturated carbocycles. The van der Waals surface area contributed by atoms with E-state index in [1.165, 1.54) is 11.1 Å². The lowest BCUT2D eigenvalue weighted by molar-refractivity contribution is -0.136. The maximum absolute atomic E-state index is 10.9. The fourth-order valence-electron chi connectivity index (χ4n) is 4.82. The fourth-order valence-corrected chi connectivity index (χ4v) is 6.19. The third-order valence-electron chi connectivity index (χ3n) is 6.32. The van der Waals surface area contributed by atoms with Crippen LogP contribution in [0.4, 0.5) is 0 Å². The Morgan fingerprint density at radius 1 is 1.26 bits per heavy atom. The highest BCUT2D eigenvalue weighted by Crippen LogP contribution is 2.55. The van der Waals surface area contributed by atoms with Gasteiger partial charge in [-0.3, -0.25) is 4.79 Å². The van der Waals surface area contributed by atoms with Crippen LogP contribution < -0.4 is 4.74 Å². The van der Waals surface area contributed by atoms with Crippen LogP contribution in [0.2, 0.25) is 0 Å². The number of aromatic hydroxyl groups is 1. The highest BCUT2D eigenvalue weighted by atomic mass is 32.2. The van der Waals surface area contributed by atoms with Crippen LogP contribution in [0.25, 0.3) is 0 Å². The standard InChI is InChI=1S/C26H32O4S/c1-4-7-18(8-5-6-9-24(28)29)25-22-15-12-20(27)16-23(22)31-17-26(25,2)19-10-13-21(30-3)14-11-19/h5-6,10-16,18,25,27H,4,7-9,17H2,1-3H3,(H,28,29). The monoisotopic (exact) mass is 440 g/mol. The minimum atomic E-state index is -0.804. The molecule has 4 nitrogen and oxygen atoms in total. The topological polar surface area (TPSA) is 66.8 Å². The molecule has 0 amide bonds. The lowest BCUT2D eigenvalue weighted by Gasteiger charge is -2.46. The summed E-state index contributed by atoms with van der Waals surface area (Å²) in [5, 5.41) is 19.0. The van der Waals surface area contributed by atoms with Crippen molar-refractivity contribution in [3.63, 3.8) is 0 Å². The van der Waals surface area contributed by atoms with Crippen LogP contribution in [-0.4, -0.2) is 29.0 Å². The molecule has 31 heavy (non-hydrogen) atoms. The molecule has 0 spiro atoms. The highest BCUT2D eigenvalue weighted by Gasteiger charge is 2.44.